The summed E-state index contributed by atoms with van der Waals surface area (Å²) in [7, 11) is -0.715. The maximum absolute atomic E-state index is 14.0. The van der Waals surface area contributed by atoms with Crippen LogP contribution >= 0.6 is 10.0 Å². The molecule has 1 fully saturated rings. The maximum Gasteiger partial charge on any atom is 0.252 e. The Labute approximate surface area is 196 Å². The summed E-state index contributed by atoms with van der Waals surface area (Å²) in [4.78, 5) is 20.2. The van der Waals surface area contributed by atoms with Gasteiger partial charge in [-0.25, -0.2) is 19.4 Å². The van der Waals surface area contributed by atoms with Crippen LogP contribution in [-0.4, -0.2) is 73.2 Å². The van der Waals surface area contributed by atoms with E-state index in [0.29, 0.717) is 28.7 Å². The highest BCUT2D eigenvalue weighted by Crippen LogP contribution is 2.33. The largest absolute Gasteiger partial charge is 0.379 e. The van der Waals surface area contributed by atoms with Gasteiger partial charge in [0.05, 0.1) is 30.0 Å². The van der Waals surface area contributed by atoms with Gasteiger partial charge in [-0.2, -0.15) is 0 Å². The van der Waals surface area contributed by atoms with Crippen molar-refractivity contribution < 1.29 is 13.9 Å². The Kier molecular flexibility index (Phi) is 7.32. The normalized spacial score (nSPS) is 15.5. The molecule has 0 radical (unpaired) electrons. The van der Waals surface area contributed by atoms with Gasteiger partial charge in [0.1, 0.15) is 5.82 Å². The summed E-state index contributed by atoms with van der Waals surface area (Å²) in [5.41, 5.74) is 3.93. The van der Waals surface area contributed by atoms with E-state index in [9.17, 15) is 9.18 Å². The van der Waals surface area contributed by atoms with E-state index in [1.54, 1.807) is 12.1 Å². The number of rotatable bonds is 7. The molecule has 1 saturated heterocycles. The molecule has 5 nitrogen and oxygen atoms in total. The number of halogens is 1. The summed E-state index contributed by atoms with van der Waals surface area (Å²) < 4.78 is 19.4. The van der Waals surface area contributed by atoms with E-state index in [1.165, 1.54) is 17.7 Å². The lowest BCUT2D eigenvalue weighted by Crippen LogP contribution is -2.35. The molecule has 3 aromatic rings. The van der Waals surface area contributed by atoms with E-state index >= 15 is 0 Å². The van der Waals surface area contributed by atoms with E-state index in [-0.39, 0.29) is 11.7 Å². The van der Waals surface area contributed by atoms with Crippen molar-refractivity contribution in [1.82, 2.24) is 15.2 Å². The Morgan fingerprint density at radius 1 is 1.09 bits per heavy atom. The second-order valence-corrected chi connectivity index (χ2v) is 13.9. The molecule has 0 unspecified atom stereocenters. The second-order valence-electron chi connectivity index (χ2n) is 9.35. The fourth-order valence-electron chi connectivity index (χ4n) is 3.90. The smallest absolute Gasteiger partial charge is 0.252 e. The fraction of sp³-hybridized carbons (Fsp3) is 0.385. The summed E-state index contributed by atoms with van der Waals surface area (Å²) >= 11 is 0. The van der Waals surface area contributed by atoms with Crippen LogP contribution in [0.3, 0.4) is 0 Å². The summed E-state index contributed by atoms with van der Waals surface area (Å²) in [6.45, 7) is 4.93. The van der Waals surface area contributed by atoms with Crippen molar-refractivity contribution >= 4 is 26.8 Å². The Morgan fingerprint density at radius 2 is 1.82 bits per heavy atom. The standard InChI is InChI=1S/C26H32FN3O2S/c1-33(2,3)15-10-28-26(31)23-17-25(29-24-9-8-21(27)16-22(23)24)20-6-4-19(5-7-20)18-30-11-13-32-14-12-30/h4-9,16-17H,10-15,18H2,1-3H3,(H,28,31). The zero-order chi connectivity index (χ0) is 23.4. The van der Waals surface area contributed by atoms with Crippen LogP contribution in [0.4, 0.5) is 4.39 Å². The monoisotopic (exact) mass is 469 g/mol. The van der Waals surface area contributed by atoms with Crippen molar-refractivity contribution in [3.8, 4) is 11.3 Å². The van der Waals surface area contributed by atoms with Gasteiger partial charge in [-0.1, -0.05) is 24.3 Å². The van der Waals surface area contributed by atoms with Crippen molar-refractivity contribution in [2.24, 2.45) is 0 Å². The number of fused-ring (bicyclic) bond motifs is 1. The lowest BCUT2D eigenvalue weighted by atomic mass is 10.0. The van der Waals surface area contributed by atoms with E-state index in [2.05, 4.69) is 41.1 Å². The highest BCUT2D eigenvalue weighted by molar-refractivity contribution is 8.32. The molecule has 1 aliphatic heterocycles. The van der Waals surface area contributed by atoms with E-state index < -0.39 is 10.0 Å². The lowest BCUT2D eigenvalue weighted by molar-refractivity contribution is 0.0342. The van der Waals surface area contributed by atoms with Crippen LogP contribution in [0.2, 0.25) is 0 Å². The number of carbonyl (C=O) groups excluding carboxylic acids is 1. The molecular formula is C26H32FN3O2S. The quantitative estimate of drug-likeness (QED) is 0.561. The number of nitrogens with one attached hydrogen (secondary N) is 1. The molecular weight excluding hydrogens is 437 g/mol. The van der Waals surface area contributed by atoms with Crippen LogP contribution in [0, 0.1) is 5.82 Å². The van der Waals surface area contributed by atoms with Crippen molar-refractivity contribution in [3.05, 3.63) is 65.5 Å². The molecule has 2 aromatic carbocycles. The molecule has 1 amide bonds. The first-order chi connectivity index (χ1) is 15.8. The Morgan fingerprint density at radius 3 is 2.52 bits per heavy atom. The zero-order valence-corrected chi connectivity index (χ0v) is 20.4. The third-order valence-corrected chi connectivity index (χ3v) is 7.20. The van der Waals surface area contributed by atoms with Crippen LogP contribution in [0.25, 0.3) is 22.2 Å². The molecule has 4 rings (SSSR count). The van der Waals surface area contributed by atoms with Gasteiger partial charge in [0.15, 0.2) is 0 Å². The van der Waals surface area contributed by atoms with Gasteiger partial charge in [0.2, 0.25) is 0 Å². The molecule has 2 heterocycles. The van der Waals surface area contributed by atoms with Gasteiger partial charge in [0, 0.05) is 37.1 Å². The van der Waals surface area contributed by atoms with Crippen LogP contribution in [0.1, 0.15) is 15.9 Å². The first-order valence-electron chi connectivity index (χ1n) is 11.2. The maximum atomic E-state index is 14.0. The third kappa shape index (κ3) is 6.31. The average molecular weight is 470 g/mol. The van der Waals surface area contributed by atoms with Gasteiger partial charge in [-0.05, 0) is 54.3 Å². The topological polar surface area (TPSA) is 54.5 Å². The number of nitrogens with zero attached hydrogens (tertiary/aromatic N) is 2. The minimum Gasteiger partial charge on any atom is -0.379 e. The van der Waals surface area contributed by atoms with Crippen molar-refractivity contribution in [1.29, 1.82) is 0 Å². The summed E-state index contributed by atoms with van der Waals surface area (Å²) in [5, 5.41) is 3.55. The van der Waals surface area contributed by atoms with Crippen LogP contribution in [-0.2, 0) is 11.3 Å². The molecule has 1 aromatic heterocycles. The SMILES string of the molecule is CS(C)(C)CCNC(=O)c1cc(-c2ccc(CN3CCOCC3)cc2)nc2ccc(F)cc12. The van der Waals surface area contributed by atoms with Gasteiger partial charge in [0.25, 0.3) is 5.91 Å². The van der Waals surface area contributed by atoms with Gasteiger partial charge >= 0.3 is 0 Å². The summed E-state index contributed by atoms with van der Waals surface area (Å²) in [6, 6.07) is 14.5. The number of morpholine rings is 1. The van der Waals surface area contributed by atoms with Crippen molar-refractivity contribution in [2.75, 3.05) is 57.4 Å². The Hall–Kier alpha value is -2.48. The summed E-state index contributed by atoms with van der Waals surface area (Å²) in [6.07, 6.45) is 6.66. The predicted octanol–water partition coefficient (Wildman–Crippen LogP) is 4.30. The third-order valence-electron chi connectivity index (χ3n) is 5.77. The van der Waals surface area contributed by atoms with E-state index in [0.717, 1.165) is 44.2 Å². The predicted molar refractivity (Wildman–Crippen MR) is 136 cm³/mol. The first-order valence-corrected chi connectivity index (χ1v) is 14.3. The van der Waals surface area contributed by atoms with Crippen LogP contribution in [0.15, 0.2) is 48.5 Å². The minimum atomic E-state index is -0.715. The van der Waals surface area contributed by atoms with Crippen molar-refractivity contribution in [3.63, 3.8) is 0 Å². The second kappa shape index (κ2) is 10.2. The number of aromatic nitrogens is 1. The number of ether oxygens (including phenoxy) is 1. The molecule has 0 aliphatic carbocycles. The van der Waals surface area contributed by atoms with Gasteiger partial charge in [-0.3, -0.25) is 9.69 Å². The number of benzene rings is 2. The molecule has 1 N–H and O–H groups in total. The van der Waals surface area contributed by atoms with Crippen molar-refractivity contribution in [2.45, 2.75) is 6.54 Å². The highest BCUT2D eigenvalue weighted by atomic mass is 32.3. The molecule has 0 bridgehead atoms. The number of hydrogen-bond donors (Lipinski definition) is 1. The van der Waals surface area contributed by atoms with Gasteiger partial charge < -0.3 is 10.1 Å². The Balaban J connectivity index is 1.60. The van der Waals surface area contributed by atoms with E-state index in [4.69, 9.17) is 9.72 Å². The first kappa shape index (κ1) is 23.7. The van der Waals surface area contributed by atoms with Crippen LogP contribution in [0.5, 0.6) is 0 Å². The van der Waals surface area contributed by atoms with E-state index in [1.807, 2.05) is 12.1 Å². The number of hydrogen-bond acceptors (Lipinski definition) is 4. The zero-order valence-electron chi connectivity index (χ0n) is 19.6. The fourth-order valence-corrected chi connectivity index (χ4v) is 4.61. The molecule has 0 saturated carbocycles. The number of amides is 1. The number of pyridine rings is 1. The van der Waals surface area contributed by atoms with Crippen LogP contribution < -0.4 is 5.32 Å². The summed E-state index contributed by atoms with van der Waals surface area (Å²) in [5.74, 6) is 0.368. The molecule has 1 aliphatic rings. The highest BCUT2D eigenvalue weighted by Gasteiger charge is 2.16. The average Bonchev–Trinajstić information content (AvgIpc) is 2.78. The lowest BCUT2D eigenvalue weighted by Gasteiger charge is -2.26. The molecule has 176 valence electrons. The Bertz CT molecular complexity index is 1120. The molecule has 0 atom stereocenters. The molecule has 7 heteroatoms. The number of carbonyl (C=O) groups is 1. The minimum absolute atomic E-state index is 0.193. The molecule has 33 heavy (non-hydrogen) atoms. The molecule has 0 spiro atoms. The van der Waals surface area contributed by atoms with Gasteiger partial charge in [-0.15, -0.1) is 0 Å².